The number of nitrogens with one attached hydrogen (secondary N) is 3. The van der Waals surface area contributed by atoms with Gasteiger partial charge in [-0.3, -0.25) is 4.79 Å². The van der Waals surface area contributed by atoms with Crippen LogP contribution in [0.15, 0.2) is 53.6 Å². The van der Waals surface area contributed by atoms with Crippen LogP contribution in [0.5, 0.6) is 5.75 Å². The van der Waals surface area contributed by atoms with Gasteiger partial charge in [0.2, 0.25) is 0 Å². The second-order valence-corrected chi connectivity index (χ2v) is 6.52. The molecule has 7 heteroatoms. The molecule has 0 spiro atoms. The fraction of sp³-hybridized carbons (Fsp3) is 0.263. The second-order valence-electron chi connectivity index (χ2n) is 6.08. The van der Waals surface area contributed by atoms with Gasteiger partial charge in [-0.1, -0.05) is 23.7 Å². The monoisotopic (exact) mass is 372 g/mol. The highest BCUT2D eigenvalue weighted by atomic mass is 35.5. The lowest BCUT2D eigenvalue weighted by Crippen LogP contribution is -2.41. The number of methoxy groups -OCH3 is 1. The molecule has 136 valence electrons. The number of benzene rings is 2. The molecular formula is C19H21ClN4O2. The van der Waals surface area contributed by atoms with Crippen molar-refractivity contribution in [2.75, 3.05) is 7.11 Å². The van der Waals surface area contributed by atoms with E-state index in [9.17, 15) is 4.79 Å². The van der Waals surface area contributed by atoms with E-state index in [-0.39, 0.29) is 18.0 Å². The zero-order chi connectivity index (χ0) is 18.5. The quantitative estimate of drug-likeness (QED) is 0.557. The largest absolute Gasteiger partial charge is 0.497 e. The Morgan fingerprint density at radius 3 is 2.50 bits per heavy atom. The standard InChI is InChI=1S/C19H21ClN4O2/c1-12(13-5-9-16(26-2)10-6-13)21-24-19(25)18-11-17(22-23-18)14-3-7-15(20)8-4-14/h3-10,17-18,22-23H,11H2,1-2H3,(H,24,25)/b21-12+. The summed E-state index contributed by atoms with van der Waals surface area (Å²) in [5.41, 5.74) is 11.5. The number of rotatable bonds is 5. The summed E-state index contributed by atoms with van der Waals surface area (Å²) in [6.45, 7) is 1.85. The van der Waals surface area contributed by atoms with Gasteiger partial charge in [-0.2, -0.15) is 5.10 Å². The highest BCUT2D eigenvalue weighted by molar-refractivity contribution is 6.30. The predicted octanol–water partition coefficient (Wildman–Crippen LogP) is 2.80. The fourth-order valence-corrected chi connectivity index (χ4v) is 2.88. The number of hydrogen-bond acceptors (Lipinski definition) is 5. The highest BCUT2D eigenvalue weighted by Gasteiger charge is 2.30. The van der Waals surface area contributed by atoms with Crippen LogP contribution in [0.1, 0.15) is 30.5 Å². The van der Waals surface area contributed by atoms with Crippen molar-refractivity contribution in [3.8, 4) is 5.75 Å². The van der Waals surface area contributed by atoms with Crippen molar-refractivity contribution in [1.82, 2.24) is 16.3 Å². The zero-order valence-corrected chi connectivity index (χ0v) is 15.4. The minimum atomic E-state index is -0.358. The molecule has 3 N–H and O–H groups in total. The van der Waals surface area contributed by atoms with Gasteiger partial charge < -0.3 is 4.74 Å². The summed E-state index contributed by atoms with van der Waals surface area (Å²) < 4.78 is 5.14. The number of nitrogens with zero attached hydrogens (tertiary/aromatic N) is 1. The number of ether oxygens (including phenoxy) is 1. The first kappa shape index (κ1) is 18.4. The molecule has 1 aliphatic heterocycles. The van der Waals surface area contributed by atoms with E-state index >= 15 is 0 Å². The Hall–Kier alpha value is -2.41. The Kier molecular flexibility index (Phi) is 5.88. The summed E-state index contributed by atoms with van der Waals surface area (Å²) in [4.78, 5) is 12.4. The first-order valence-corrected chi connectivity index (χ1v) is 8.69. The topological polar surface area (TPSA) is 74.8 Å². The molecule has 0 saturated carbocycles. The van der Waals surface area contributed by atoms with Gasteiger partial charge in [0, 0.05) is 11.1 Å². The van der Waals surface area contributed by atoms with E-state index in [0.717, 1.165) is 22.6 Å². The average molecular weight is 373 g/mol. The highest BCUT2D eigenvalue weighted by Crippen LogP contribution is 2.23. The van der Waals surface area contributed by atoms with E-state index in [1.165, 1.54) is 0 Å². The zero-order valence-electron chi connectivity index (χ0n) is 14.6. The summed E-state index contributed by atoms with van der Waals surface area (Å²) in [5.74, 6) is 0.599. The van der Waals surface area contributed by atoms with E-state index in [0.29, 0.717) is 11.4 Å². The summed E-state index contributed by atoms with van der Waals surface area (Å²) in [6.07, 6.45) is 0.630. The van der Waals surface area contributed by atoms with Crippen LogP contribution in [0, 0.1) is 0 Å². The average Bonchev–Trinajstić information content (AvgIpc) is 3.16. The smallest absolute Gasteiger partial charge is 0.258 e. The van der Waals surface area contributed by atoms with E-state index in [1.807, 2.05) is 55.5 Å². The lowest BCUT2D eigenvalue weighted by atomic mass is 10.0. The minimum Gasteiger partial charge on any atom is -0.497 e. The maximum absolute atomic E-state index is 12.4. The van der Waals surface area contributed by atoms with E-state index < -0.39 is 0 Å². The van der Waals surface area contributed by atoms with Gasteiger partial charge in [-0.05, 0) is 60.9 Å². The predicted molar refractivity (Wildman–Crippen MR) is 102 cm³/mol. The van der Waals surface area contributed by atoms with Crippen molar-refractivity contribution in [2.45, 2.75) is 25.4 Å². The van der Waals surface area contributed by atoms with Crippen LogP contribution in [0.3, 0.4) is 0 Å². The van der Waals surface area contributed by atoms with E-state index in [1.54, 1.807) is 7.11 Å². The molecule has 2 aromatic rings. The number of amides is 1. The SMILES string of the molecule is COc1ccc(/C(C)=N/NC(=O)C2CC(c3ccc(Cl)cc3)NN2)cc1. The molecule has 6 nitrogen and oxygen atoms in total. The first-order chi connectivity index (χ1) is 12.6. The number of hydrazone groups is 1. The minimum absolute atomic E-state index is 0.0506. The van der Waals surface area contributed by atoms with Gasteiger partial charge in [0.15, 0.2) is 0 Å². The molecule has 1 aliphatic rings. The second kappa shape index (κ2) is 8.31. The van der Waals surface area contributed by atoms with Crippen LogP contribution in [-0.2, 0) is 4.79 Å². The van der Waals surface area contributed by atoms with Crippen LogP contribution in [-0.4, -0.2) is 24.8 Å². The Bertz CT molecular complexity index is 790. The molecular weight excluding hydrogens is 352 g/mol. The molecule has 2 aromatic carbocycles. The Morgan fingerprint density at radius 2 is 1.85 bits per heavy atom. The Balaban J connectivity index is 1.57. The number of hydrazine groups is 1. The molecule has 0 radical (unpaired) electrons. The number of halogens is 1. The molecule has 0 aliphatic carbocycles. The van der Waals surface area contributed by atoms with Gasteiger partial charge in [-0.15, -0.1) is 0 Å². The summed E-state index contributed by atoms with van der Waals surface area (Å²) >= 11 is 5.91. The summed E-state index contributed by atoms with van der Waals surface area (Å²) in [7, 11) is 1.62. The molecule has 0 aromatic heterocycles. The lowest BCUT2D eigenvalue weighted by molar-refractivity contribution is -0.122. The number of carbonyl (C=O) groups excluding carboxylic acids is 1. The van der Waals surface area contributed by atoms with Gasteiger partial charge in [-0.25, -0.2) is 16.3 Å². The number of carbonyl (C=O) groups is 1. The van der Waals surface area contributed by atoms with Crippen molar-refractivity contribution in [1.29, 1.82) is 0 Å². The fourth-order valence-electron chi connectivity index (χ4n) is 2.76. The van der Waals surface area contributed by atoms with Crippen LogP contribution in [0.25, 0.3) is 0 Å². The molecule has 1 amide bonds. The maximum Gasteiger partial charge on any atom is 0.258 e. The van der Waals surface area contributed by atoms with Gasteiger partial charge in [0.25, 0.3) is 5.91 Å². The van der Waals surface area contributed by atoms with E-state index in [4.69, 9.17) is 16.3 Å². The lowest BCUT2D eigenvalue weighted by Gasteiger charge is -2.09. The number of hydrogen-bond donors (Lipinski definition) is 3. The third kappa shape index (κ3) is 4.40. The molecule has 2 atom stereocenters. The third-order valence-corrected chi connectivity index (χ3v) is 4.59. The van der Waals surface area contributed by atoms with Crippen molar-refractivity contribution in [3.63, 3.8) is 0 Å². The van der Waals surface area contributed by atoms with Crippen LogP contribution >= 0.6 is 11.6 Å². The molecule has 2 unspecified atom stereocenters. The Labute approximate surface area is 157 Å². The van der Waals surface area contributed by atoms with Gasteiger partial charge in [0.05, 0.1) is 12.8 Å². The molecule has 0 bridgehead atoms. The normalized spacial score (nSPS) is 20.0. The van der Waals surface area contributed by atoms with E-state index in [2.05, 4.69) is 21.4 Å². The van der Waals surface area contributed by atoms with Gasteiger partial charge >= 0.3 is 0 Å². The van der Waals surface area contributed by atoms with Crippen molar-refractivity contribution in [3.05, 3.63) is 64.7 Å². The summed E-state index contributed by atoms with van der Waals surface area (Å²) in [6, 6.07) is 14.8. The maximum atomic E-state index is 12.4. The van der Waals surface area contributed by atoms with Crippen LogP contribution in [0.2, 0.25) is 5.02 Å². The first-order valence-electron chi connectivity index (χ1n) is 8.32. The molecule has 1 heterocycles. The van der Waals surface area contributed by atoms with Crippen molar-refractivity contribution >= 4 is 23.2 Å². The molecule has 1 saturated heterocycles. The summed E-state index contributed by atoms with van der Waals surface area (Å²) in [5, 5.41) is 4.89. The van der Waals surface area contributed by atoms with Crippen LogP contribution < -0.4 is 21.0 Å². The van der Waals surface area contributed by atoms with Crippen molar-refractivity contribution < 1.29 is 9.53 Å². The molecule has 26 heavy (non-hydrogen) atoms. The molecule has 3 rings (SSSR count). The Morgan fingerprint density at radius 1 is 1.15 bits per heavy atom. The van der Waals surface area contributed by atoms with Crippen LogP contribution in [0.4, 0.5) is 0 Å². The third-order valence-electron chi connectivity index (χ3n) is 4.33. The van der Waals surface area contributed by atoms with Crippen molar-refractivity contribution in [2.24, 2.45) is 5.10 Å². The van der Waals surface area contributed by atoms with Gasteiger partial charge in [0.1, 0.15) is 11.8 Å². The molecule has 1 fully saturated rings.